The Hall–Kier alpha value is -1.79. The minimum atomic E-state index is -1.44. The van der Waals surface area contributed by atoms with E-state index < -0.39 is 6.16 Å². The Morgan fingerprint density at radius 2 is 1.55 bits per heavy atom. The number of carbonyl (C=O) groups is 1. The van der Waals surface area contributed by atoms with Crippen LogP contribution < -0.4 is 4.74 Å². The number of aromatic hydroxyl groups is 1. The lowest BCUT2D eigenvalue weighted by Crippen LogP contribution is -2.19. The number of ether oxygens (including phenoxy) is 3. The van der Waals surface area contributed by atoms with Crippen LogP contribution in [0.4, 0.5) is 4.79 Å². The third-order valence-corrected chi connectivity index (χ3v) is 4.77. The maximum atomic E-state index is 10.7. The fourth-order valence-electron chi connectivity index (χ4n) is 3.11. The number of para-hydroxylation sites is 1. The van der Waals surface area contributed by atoms with Crippen LogP contribution in [0.15, 0.2) is 18.2 Å². The van der Waals surface area contributed by atoms with Gasteiger partial charge in [0.2, 0.25) is 0 Å². The first-order chi connectivity index (χ1) is 14.1. The normalized spacial score (nSPS) is 11.1. The van der Waals surface area contributed by atoms with Gasteiger partial charge in [0.15, 0.2) is 17.8 Å². The molecule has 0 aromatic heterocycles. The van der Waals surface area contributed by atoms with Crippen molar-refractivity contribution in [3.8, 4) is 11.5 Å². The Kier molecular flexibility index (Phi) is 14.0. The summed E-state index contributed by atoms with van der Waals surface area (Å²) in [6.45, 7) is 5.78. The topological polar surface area (TPSA) is 85.2 Å². The molecule has 2 N–H and O–H groups in total. The number of phenolic OH excluding ortho intramolecular Hbond substituents is 1. The van der Waals surface area contributed by atoms with Crippen molar-refractivity contribution in [3.63, 3.8) is 0 Å². The van der Waals surface area contributed by atoms with Gasteiger partial charge in [-0.15, -0.1) is 0 Å². The van der Waals surface area contributed by atoms with Crippen LogP contribution in [0.3, 0.4) is 0 Å². The highest BCUT2D eigenvalue weighted by atomic mass is 16.7. The Bertz CT molecular complexity index is 546. The van der Waals surface area contributed by atoms with Gasteiger partial charge >= 0.3 is 6.16 Å². The van der Waals surface area contributed by atoms with Crippen molar-refractivity contribution < 1.29 is 29.2 Å². The number of benzene rings is 1. The fraction of sp³-hybridized carbons (Fsp3) is 0.696. The van der Waals surface area contributed by atoms with Crippen molar-refractivity contribution in [1.29, 1.82) is 0 Å². The zero-order valence-corrected chi connectivity index (χ0v) is 18.0. The summed E-state index contributed by atoms with van der Waals surface area (Å²) in [5, 5.41) is 18.9. The van der Waals surface area contributed by atoms with Gasteiger partial charge in [0.05, 0.1) is 0 Å². The molecule has 0 aliphatic heterocycles. The number of unbranched alkanes of at least 4 members (excludes halogenated alkanes) is 6. The molecule has 29 heavy (non-hydrogen) atoms. The highest BCUT2D eigenvalue weighted by molar-refractivity contribution is 5.63. The third-order valence-electron chi connectivity index (χ3n) is 4.77. The first-order valence-corrected chi connectivity index (χ1v) is 11.0. The quantitative estimate of drug-likeness (QED) is 0.136. The summed E-state index contributed by atoms with van der Waals surface area (Å²) in [5.74, 6) is -0.154. The zero-order valence-electron chi connectivity index (χ0n) is 18.0. The number of phenols is 1. The van der Waals surface area contributed by atoms with E-state index >= 15 is 0 Å². The maximum absolute atomic E-state index is 10.7. The highest BCUT2D eigenvalue weighted by Crippen LogP contribution is 2.31. The van der Waals surface area contributed by atoms with Gasteiger partial charge in [-0.3, -0.25) is 0 Å². The second-order valence-electron chi connectivity index (χ2n) is 7.32. The molecular weight excluding hydrogens is 372 g/mol. The summed E-state index contributed by atoms with van der Waals surface area (Å²) >= 11 is 0. The minimum Gasteiger partial charge on any atom is -0.504 e. The SMILES string of the molecule is CCCCCCOC(CCCc1cccc(OC(=O)O)c1O)OCCCCCC. The van der Waals surface area contributed by atoms with Gasteiger partial charge in [-0.2, -0.15) is 0 Å². The number of carboxylic acid groups (broad SMARTS) is 1. The van der Waals surface area contributed by atoms with Crippen molar-refractivity contribution in [3.05, 3.63) is 23.8 Å². The largest absolute Gasteiger partial charge is 0.511 e. The van der Waals surface area contributed by atoms with Crippen LogP contribution in [0.2, 0.25) is 0 Å². The van der Waals surface area contributed by atoms with E-state index in [9.17, 15) is 9.90 Å². The number of aryl methyl sites for hydroxylation is 1. The van der Waals surface area contributed by atoms with Crippen LogP contribution in [-0.4, -0.2) is 35.9 Å². The van der Waals surface area contributed by atoms with Crippen molar-refractivity contribution in [2.75, 3.05) is 13.2 Å². The van der Waals surface area contributed by atoms with Gasteiger partial charge in [0, 0.05) is 13.2 Å². The molecule has 6 nitrogen and oxygen atoms in total. The summed E-state index contributed by atoms with van der Waals surface area (Å²) in [5.41, 5.74) is 0.661. The van der Waals surface area contributed by atoms with Gasteiger partial charge < -0.3 is 24.4 Å². The van der Waals surface area contributed by atoms with Gasteiger partial charge in [-0.25, -0.2) is 4.79 Å². The van der Waals surface area contributed by atoms with Crippen LogP contribution in [-0.2, 0) is 15.9 Å². The molecule has 0 amide bonds. The first kappa shape index (κ1) is 25.2. The molecule has 1 aromatic rings. The maximum Gasteiger partial charge on any atom is 0.511 e. The van der Waals surface area contributed by atoms with E-state index in [4.69, 9.17) is 14.6 Å². The molecule has 0 bridgehead atoms. The molecule has 0 aliphatic carbocycles. The monoisotopic (exact) mass is 410 g/mol. The second kappa shape index (κ2) is 16.1. The highest BCUT2D eigenvalue weighted by Gasteiger charge is 2.13. The van der Waals surface area contributed by atoms with E-state index in [-0.39, 0.29) is 17.8 Å². The van der Waals surface area contributed by atoms with E-state index in [0.29, 0.717) is 25.2 Å². The molecule has 0 saturated carbocycles. The molecule has 0 atom stereocenters. The zero-order chi connectivity index (χ0) is 21.3. The third kappa shape index (κ3) is 11.7. The van der Waals surface area contributed by atoms with Crippen molar-refractivity contribution in [2.45, 2.75) is 90.8 Å². The predicted octanol–water partition coefficient (Wildman–Crippen LogP) is 6.29. The molecule has 1 rings (SSSR count). The standard InChI is InChI=1S/C23H38O6/c1-3-5-7-9-17-27-21(28-18-10-8-6-4-2)16-12-14-19-13-11-15-20(22(19)24)29-23(25)26/h11,13,15,21,24H,3-10,12,14,16-18H2,1-2H3,(H,25,26). The summed E-state index contributed by atoms with van der Waals surface area (Å²) in [7, 11) is 0. The van der Waals surface area contributed by atoms with E-state index in [2.05, 4.69) is 18.6 Å². The lowest BCUT2D eigenvalue weighted by molar-refractivity contribution is -0.147. The number of rotatable bonds is 17. The molecule has 0 aliphatic rings. The molecule has 6 heteroatoms. The summed E-state index contributed by atoms with van der Waals surface area (Å²) in [6, 6.07) is 4.89. The Morgan fingerprint density at radius 3 is 2.10 bits per heavy atom. The molecule has 0 saturated heterocycles. The summed E-state index contributed by atoms with van der Waals surface area (Å²) < 4.78 is 16.5. The van der Waals surface area contributed by atoms with Crippen molar-refractivity contribution >= 4 is 6.16 Å². The van der Waals surface area contributed by atoms with E-state index in [1.54, 1.807) is 12.1 Å². The van der Waals surface area contributed by atoms with Crippen LogP contribution in [0.25, 0.3) is 0 Å². The van der Waals surface area contributed by atoms with Gasteiger partial charge in [-0.1, -0.05) is 64.5 Å². The lowest BCUT2D eigenvalue weighted by atomic mass is 10.1. The Morgan fingerprint density at radius 1 is 0.931 bits per heavy atom. The number of hydrogen-bond donors (Lipinski definition) is 2. The van der Waals surface area contributed by atoms with E-state index in [0.717, 1.165) is 25.7 Å². The van der Waals surface area contributed by atoms with Gasteiger partial charge in [-0.05, 0) is 43.7 Å². The van der Waals surface area contributed by atoms with Crippen LogP contribution in [0.1, 0.15) is 83.6 Å². The molecule has 0 unspecified atom stereocenters. The molecule has 0 radical (unpaired) electrons. The molecule has 166 valence electrons. The van der Waals surface area contributed by atoms with E-state index in [1.807, 2.05) is 0 Å². The Labute approximate surface area is 175 Å². The molecular formula is C23H38O6. The molecule has 0 spiro atoms. The second-order valence-corrected chi connectivity index (χ2v) is 7.32. The first-order valence-electron chi connectivity index (χ1n) is 11.0. The van der Waals surface area contributed by atoms with Gasteiger partial charge in [0.1, 0.15) is 0 Å². The molecule has 0 fully saturated rings. The summed E-state index contributed by atoms with van der Waals surface area (Å²) in [4.78, 5) is 10.7. The van der Waals surface area contributed by atoms with Crippen LogP contribution in [0, 0.1) is 0 Å². The average Bonchev–Trinajstić information content (AvgIpc) is 2.69. The average molecular weight is 411 g/mol. The lowest BCUT2D eigenvalue weighted by Gasteiger charge is -2.19. The molecule has 1 aromatic carbocycles. The van der Waals surface area contributed by atoms with Crippen LogP contribution in [0.5, 0.6) is 11.5 Å². The van der Waals surface area contributed by atoms with Gasteiger partial charge in [0.25, 0.3) is 0 Å². The minimum absolute atomic E-state index is 0.0362. The van der Waals surface area contributed by atoms with Crippen molar-refractivity contribution in [1.82, 2.24) is 0 Å². The van der Waals surface area contributed by atoms with E-state index in [1.165, 1.54) is 44.6 Å². The Balaban J connectivity index is 2.47. The van der Waals surface area contributed by atoms with Crippen molar-refractivity contribution in [2.24, 2.45) is 0 Å². The molecule has 0 heterocycles. The predicted molar refractivity (Wildman–Crippen MR) is 114 cm³/mol. The fourth-order valence-corrected chi connectivity index (χ4v) is 3.11. The number of hydrogen-bond acceptors (Lipinski definition) is 5. The van der Waals surface area contributed by atoms with Crippen LogP contribution >= 0.6 is 0 Å². The smallest absolute Gasteiger partial charge is 0.504 e. The summed E-state index contributed by atoms with van der Waals surface area (Å²) in [6.07, 6.45) is 9.67.